The normalized spacial score (nSPS) is 16.9. The molecule has 0 N–H and O–H groups in total. The average Bonchev–Trinajstić information content (AvgIpc) is 3.15. The van der Waals surface area contributed by atoms with Crippen molar-refractivity contribution in [2.24, 2.45) is 0 Å². The molecule has 0 aliphatic carbocycles. The van der Waals surface area contributed by atoms with E-state index < -0.39 is 17.4 Å². The van der Waals surface area contributed by atoms with E-state index in [2.05, 4.69) is 10.2 Å². The number of hydrogen-bond acceptors (Lipinski definition) is 4. The van der Waals surface area contributed by atoms with E-state index in [9.17, 15) is 13.2 Å². The second kappa shape index (κ2) is 7.86. The molecule has 0 atom stereocenters. The quantitative estimate of drug-likeness (QED) is 0.557. The third-order valence-electron chi connectivity index (χ3n) is 5.53. The van der Waals surface area contributed by atoms with Gasteiger partial charge in [0.25, 0.3) is 0 Å². The van der Waals surface area contributed by atoms with Crippen LogP contribution < -0.4 is 4.90 Å². The number of alkyl halides is 4. The van der Waals surface area contributed by atoms with Gasteiger partial charge >= 0.3 is 6.18 Å². The fourth-order valence-electron chi connectivity index (χ4n) is 3.95. The number of fused-ring (bicyclic) bond motifs is 1. The highest BCUT2D eigenvalue weighted by atomic mass is 19.4. The van der Waals surface area contributed by atoms with Crippen molar-refractivity contribution in [2.75, 3.05) is 24.6 Å². The van der Waals surface area contributed by atoms with E-state index in [1.165, 1.54) is 16.7 Å². The van der Waals surface area contributed by atoms with Gasteiger partial charge in [-0.3, -0.25) is 4.40 Å². The zero-order chi connectivity index (χ0) is 21.4. The van der Waals surface area contributed by atoms with Gasteiger partial charge in [0.1, 0.15) is 17.8 Å². The lowest BCUT2D eigenvalue weighted by Crippen LogP contribution is -2.41. The van der Waals surface area contributed by atoms with Gasteiger partial charge in [0.05, 0.1) is 5.69 Å². The molecule has 1 saturated heterocycles. The molecule has 0 bridgehead atoms. The Morgan fingerprint density at radius 3 is 2.40 bits per heavy atom. The second-order valence-electron chi connectivity index (χ2n) is 7.34. The summed E-state index contributed by atoms with van der Waals surface area (Å²) in [7, 11) is 0. The highest BCUT2D eigenvalue weighted by molar-refractivity contribution is 5.67. The Kier molecular flexibility index (Phi) is 5.40. The fraction of sp³-hybridized carbons (Fsp3) is 0.429. The van der Waals surface area contributed by atoms with E-state index >= 15 is 4.39 Å². The molecule has 0 amide bonds. The monoisotopic (exact) mass is 422 g/mol. The maximum absolute atomic E-state index is 15.4. The van der Waals surface area contributed by atoms with Crippen LogP contribution in [0.1, 0.15) is 36.7 Å². The predicted octanol–water partition coefficient (Wildman–Crippen LogP) is 4.75. The summed E-state index contributed by atoms with van der Waals surface area (Å²) in [6.45, 7) is 2.62. The highest BCUT2D eigenvalue weighted by Crippen LogP contribution is 2.43. The Labute approximate surface area is 171 Å². The summed E-state index contributed by atoms with van der Waals surface area (Å²) in [6, 6.07) is 10.2. The number of hydrogen-bond donors (Lipinski definition) is 0. The molecule has 160 valence electrons. The largest absolute Gasteiger partial charge is 0.422 e. The molecule has 30 heavy (non-hydrogen) atoms. The van der Waals surface area contributed by atoms with Gasteiger partial charge in [0, 0.05) is 38.7 Å². The molecule has 1 aliphatic heterocycles. The molecule has 0 radical (unpaired) electrons. The molecule has 4 rings (SSSR count). The molecule has 3 heterocycles. The lowest BCUT2D eigenvalue weighted by atomic mass is 9.86. The Balaban J connectivity index is 1.66. The van der Waals surface area contributed by atoms with Crippen LogP contribution in [-0.4, -0.2) is 34.3 Å². The molecule has 1 aliphatic rings. The summed E-state index contributed by atoms with van der Waals surface area (Å²) in [4.78, 5) is 1.58. The Bertz CT molecular complexity index is 1010. The van der Waals surface area contributed by atoms with Crippen LogP contribution in [0.3, 0.4) is 0 Å². The highest BCUT2D eigenvalue weighted by Gasteiger charge is 2.42. The topological polar surface area (TPSA) is 42.7 Å². The van der Waals surface area contributed by atoms with Crippen LogP contribution in [0.5, 0.6) is 0 Å². The second-order valence-corrected chi connectivity index (χ2v) is 7.34. The summed E-state index contributed by atoms with van der Waals surface area (Å²) >= 11 is 0. The van der Waals surface area contributed by atoms with Gasteiger partial charge in [-0.1, -0.05) is 30.3 Å². The maximum Gasteiger partial charge on any atom is 0.422 e. The Morgan fingerprint density at radius 2 is 1.77 bits per heavy atom. The minimum absolute atomic E-state index is 0.000437. The lowest BCUT2D eigenvalue weighted by Gasteiger charge is -2.38. The van der Waals surface area contributed by atoms with Crippen LogP contribution in [-0.2, 0) is 23.2 Å². The van der Waals surface area contributed by atoms with E-state index in [1.54, 1.807) is 36.1 Å². The molecule has 0 spiro atoms. The van der Waals surface area contributed by atoms with Crippen LogP contribution in [0.25, 0.3) is 5.65 Å². The van der Waals surface area contributed by atoms with Gasteiger partial charge in [-0.25, -0.2) is 4.39 Å². The number of rotatable bonds is 5. The standard InChI is InChI=1S/C21H22F4N4O/c1-2-30-14-17-26-27-19-18(21(23,24)25)16(8-11-29(17)19)28-12-9-20(22,10-13-28)15-6-4-3-5-7-15/h3-8,11H,2,9-10,12-14H2,1H3. The number of piperidine rings is 1. The molecule has 1 fully saturated rings. The van der Waals surface area contributed by atoms with Crippen LogP contribution in [0.15, 0.2) is 42.6 Å². The minimum Gasteiger partial charge on any atom is -0.374 e. The summed E-state index contributed by atoms with van der Waals surface area (Å²) in [5.41, 5.74) is -2.10. The number of benzene rings is 1. The third-order valence-corrected chi connectivity index (χ3v) is 5.53. The number of halogens is 4. The number of aromatic nitrogens is 3. The molecule has 0 saturated carbocycles. The summed E-state index contributed by atoms with van der Waals surface area (Å²) in [6.07, 6.45) is -2.89. The summed E-state index contributed by atoms with van der Waals surface area (Å²) < 4.78 is 64.0. The molecule has 0 unspecified atom stereocenters. The van der Waals surface area contributed by atoms with Crippen molar-refractivity contribution in [3.8, 4) is 0 Å². The van der Waals surface area contributed by atoms with Gasteiger partial charge in [0.2, 0.25) is 0 Å². The maximum atomic E-state index is 15.4. The van der Waals surface area contributed by atoms with Crippen LogP contribution in [0, 0.1) is 0 Å². The average molecular weight is 422 g/mol. The first-order chi connectivity index (χ1) is 14.3. The minimum atomic E-state index is -4.63. The van der Waals surface area contributed by atoms with Crippen molar-refractivity contribution >= 4 is 11.3 Å². The number of pyridine rings is 1. The van der Waals surface area contributed by atoms with Crippen molar-refractivity contribution in [1.82, 2.24) is 14.6 Å². The van der Waals surface area contributed by atoms with Crippen LogP contribution in [0.4, 0.5) is 23.2 Å². The number of ether oxygens (including phenoxy) is 1. The van der Waals surface area contributed by atoms with Crippen LogP contribution >= 0.6 is 0 Å². The van der Waals surface area contributed by atoms with E-state index in [0.717, 1.165) is 0 Å². The van der Waals surface area contributed by atoms with E-state index in [0.29, 0.717) is 18.0 Å². The lowest BCUT2D eigenvalue weighted by molar-refractivity contribution is -0.136. The van der Waals surface area contributed by atoms with Crippen molar-refractivity contribution < 1.29 is 22.3 Å². The van der Waals surface area contributed by atoms with Gasteiger partial charge in [-0.15, -0.1) is 10.2 Å². The zero-order valence-electron chi connectivity index (χ0n) is 16.5. The van der Waals surface area contributed by atoms with Crippen molar-refractivity contribution in [2.45, 2.75) is 38.2 Å². The summed E-state index contributed by atoms with van der Waals surface area (Å²) in [5, 5.41) is 7.65. The van der Waals surface area contributed by atoms with E-state index in [4.69, 9.17) is 4.74 Å². The number of nitrogens with zero attached hydrogens (tertiary/aromatic N) is 4. The fourth-order valence-corrected chi connectivity index (χ4v) is 3.95. The smallest absolute Gasteiger partial charge is 0.374 e. The SMILES string of the molecule is CCOCc1nnc2c(C(F)(F)F)c(N3CCC(F)(c4ccccc4)CC3)ccn12. The van der Waals surface area contributed by atoms with Gasteiger partial charge in [-0.05, 0) is 18.6 Å². The summed E-state index contributed by atoms with van der Waals surface area (Å²) in [5.74, 6) is 0.300. The predicted molar refractivity (Wildman–Crippen MR) is 104 cm³/mol. The van der Waals surface area contributed by atoms with E-state index in [1.807, 2.05) is 6.07 Å². The molecular weight excluding hydrogens is 400 g/mol. The first-order valence-electron chi connectivity index (χ1n) is 9.84. The third kappa shape index (κ3) is 3.74. The van der Waals surface area contributed by atoms with Gasteiger partial charge in [0.15, 0.2) is 11.5 Å². The molecule has 5 nitrogen and oxygen atoms in total. The molecule has 2 aromatic heterocycles. The molecule has 9 heteroatoms. The Hall–Kier alpha value is -2.68. The van der Waals surface area contributed by atoms with Crippen molar-refractivity contribution in [3.63, 3.8) is 0 Å². The molecule has 1 aromatic carbocycles. The van der Waals surface area contributed by atoms with Crippen molar-refractivity contribution in [1.29, 1.82) is 0 Å². The zero-order valence-corrected chi connectivity index (χ0v) is 16.5. The molecular formula is C21H22F4N4O. The van der Waals surface area contributed by atoms with Gasteiger partial charge < -0.3 is 9.64 Å². The van der Waals surface area contributed by atoms with Crippen molar-refractivity contribution in [3.05, 3.63) is 59.5 Å². The first-order valence-corrected chi connectivity index (χ1v) is 9.84. The number of anilines is 1. The van der Waals surface area contributed by atoms with Gasteiger partial charge in [-0.2, -0.15) is 13.2 Å². The van der Waals surface area contributed by atoms with E-state index in [-0.39, 0.29) is 43.9 Å². The van der Waals surface area contributed by atoms with Crippen LogP contribution in [0.2, 0.25) is 0 Å². The molecule has 3 aromatic rings. The Morgan fingerprint density at radius 1 is 1.07 bits per heavy atom. The first kappa shape index (κ1) is 20.6.